The van der Waals surface area contributed by atoms with Crippen LogP contribution in [0.15, 0.2) is 9.59 Å². The molecule has 0 bridgehead atoms. The summed E-state index contributed by atoms with van der Waals surface area (Å²) in [5.74, 6) is 0. The number of methoxy groups -OCH3 is 1. The SMILES string of the molecule is COCCn1nc(C(F)(F)F)c2[nH]c(=O)[nH]c(=O)c21. The zero-order chi connectivity index (χ0) is 14.2. The Morgan fingerprint density at radius 3 is 2.58 bits per heavy atom. The predicted molar refractivity (Wildman–Crippen MR) is 57.9 cm³/mol. The highest BCUT2D eigenvalue weighted by Crippen LogP contribution is 2.31. The lowest BCUT2D eigenvalue weighted by atomic mass is 10.3. The first-order valence-electron chi connectivity index (χ1n) is 5.14. The molecule has 10 heteroatoms. The lowest BCUT2D eigenvalue weighted by Crippen LogP contribution is -2.24. The molecule has 2 rings (SSSR count). The highest BCUT2D eigenvalue weighted by molar-refractivity contribution is 5.76. The van der Waals surface area contributed by atoms with E-state index in [9.17, 15) is 22.8 Å². The molecule has 19 heavy (non-hydrogen) atoms. The van der Waals surface area contributed by atoms with Gasteiger partial charge in [0.2, 0.25) is 0 Å². The highest BCUT2D eigenvalue weighted by atomic mass is 19.4. The number of hydrogen-bond donors (Lipinski definition) is 2. The largest absolute Gasteiger partial charge is 0.437 e. The van der Waals surface area contributed by atoms with Gasteiger partial charge < -0.3 is 9.72 Å². The Morgan fingerprint density at radius 2 is 2.00 bits per heavy atom. The van der Waals surface area contributed by atoms with E-state index >= 15 is 0 Å². The van der Waals surface area contributed by atoms with Crippen molar-refractivity contribution in [2.24, 2.45) is 0 Å². The molecule has 0 atom stereocenters. The van der Waals surface area contributed by atoms with Crippen molar-refractivity contribution < 1.29 is 17.9 Å². The summed E-state index contributed by atoms with van der Waals surface area (Å²) in [6, 6.07) is 0. The molecule has 2 N–H and O–H groups in total. The lowest BCUT2D eigenvalue weighted by Gasteiger charge is -2.01. The fourth-order valence-corrected chi connectivity index (χ4v) is 1.66. The molecule has 2 aromatic heterocycles. The molecule has 104 valence electrons. The summed E-state index contributed by atoms with van der Waals surface area (Å²) in [7, 11) is 1.36. The smallest absolute Gasteiger partial charge is 0.383 e. The first kappa shape index (κ1) is 13.3. The maximum absolute atomic E-state index is 12.8. The first-order chi connectivity index (χ1) is 8.84. The third-order valence-electron chi connectivity index (χ3n) is 2.41. The van der Waals surface area contributed by atoms with Crippen molar-refractivity contribution in [3.05, 3.63) is 26.5 Å². The standard InChI is InChI=1S/C9H9F3N4O3/c1-19-3-2-16-5-4(6(15-16)9(10,11)12)13-8(18)14-7(5)17/h2-3H2,1H3,(H2,13,14,17,18). The maximum Gasteiger partial charge on any atom is 0.437 e. The van der Waals surface area contributed by atoms with Crippen LogP contribution in [0.3, 0.4) is 0 Å². The predicted octanol–water partition coefficient (Wildman–Crippen LogP) is 0.0781. The molecule has 0 aliphatic carbocycles. The van der Waals surface area contributed by atoms with Gasteiger partial charge in [0.15, 0.2) is 11.2 Å². The van der Waals surface area contributed by atoms with Crippen molar-refractivity contribution in [1.82, 2.24) is 19.7 Å². The number of aromatic amines is 2. The minimum atomic E-state index is -4.77. The topological polar surface area (TPSA) is 92.8 Å². The Kier molecular flexibility index (Phi) is 3.18. The van der Waals surface area contributed by atoms with E-state index in [2.05, 4.69) is 5.10 Å². The fourth-order valence-electron chi connectivity index (χ4n) is 1.66. The van der Waals surface area contributed by atoms with Crippen molar-refractivity contribution in [3.8, 4) is 0 Å². The Balaban J connectivity index is 2.78. The van der Waals surface area contributed by atoms with Crippen LogP contribution in [-0.2, 0) is 17.5 Å². The molecule has 0 aromatic carbocycles. The van der Waals surface area contributed by atoms with Crippen LogP contribution in [0.25, 0.3) is 11.0 Å². The van der Waals surface area contributed by atoms with E-state index in [0.29, 0.717) is 0 Å². The number of nitrogens with one attached hydrogen (secondary N) is 2. The molecule has 2 aromatic rings. The third kappa shape index (κ3) is 2.38. The summed E-state index contributed by atoms with van der Waals surface area (Å²) in [6.45, 7) is 0.0326. The van der Waals surface area contributed by atoms with Gasteiger partial charge in [-0.1, -0.05) is 0 Å². The average Bonchev–Trinajstić information content (AvgIpc) is 2.64. The Hall–Kier alpha value is -2.10. The molecule has 0 aliphatic heterocycles. The van der Waals surface area contributed by atoms with Crippen LogP contribution in [0.1, 0.15) is 5.69 Å². The van der Waals surface area contributed by atoms with Crippen LogP contribution in [0, 0.1) is 0 Å². The van der Waals surface area contributed by atoms with E-state index < -0.39 is 28.6 Å². The number of rotatable bonds is 3. The summed E-state index contributed by atoms with van der Waals surface area (Å²) in [5.41, 5.74) is -4.23. The highest BCUT2D eigenvalue weighted by Gasteiger charge is 2.38. The van der Waals surface area contributed by atoms with Crippen LogP contribution in [0.5, 0.6) is 0 Å². The van der Waals surface area contributed by atoms with Gasteiger partial charge in [-0.3, -0.25) is 14.5 Å². The van der Waals surface area contributed by atoms with Crippen LogP contribution in [0.4, 0.5) is 13.2 Å². The van der Waals surface area contributed by atoms with Crippen LogP contribution < -0.4 is 11.2 Å². The normalized spacial score (nSPS) is 12.2. The van der Waals surface area contributed by atoms with E-state index in [0.717, 1.165) is 4.68 Å². The van der Waals surface area contributed by atoms with E-state index in [-0.39, 0.29) is 18.7 Å². The molecule has 7 nitrogen and oxygen atoms in total. The molecule has 0 aliphatic rings. The van der Waals surface area contributed by atoms with Gasteiger partial charge in [-0.15, -0.1) is 0 Å². The molecule has 0 amide bonds. The van der Waals surface area contributed by atoms with Gasteiger partial charge in [-0.2, -0.15) is 18.3 Å². The lowest BCUT2D eigenvalue weighted by molar-refractivity contribution is -0.140. The Labute approximate surface area is 103 Å². The number of H-pyrrole nitrogens is 2. The van der Waals surface area contributed by atoms with Crippen LogP contribution in [-0.4, -0.2) is 33.5 Å². The summed E-state index contributed by atoms with van der Waals surface area (Å²) in [5, 5.41) is 3.32. The van der Waals surface area contributed by atoms with Crippen molar-refractivity contribution >= 4 is 11.0 Å². The van der Waals surface area contributed by atoms with Gasteiger partial charge >= 0.3 is 11.9 Å². The van der Waals surface area contributed by atoms with Gasteiger partial charge in [0, 0.05) is 7.11 Å². The quantitative estimate of drug-likeness (QED) is 0.831. The molecule has 0 saturated carbocycles. The molecule has 0 unspecified atom stereocenters. The zero-order valence-electron chi connectivity index (χ0n) is 9.67. The fraction of sp³-hybridized carbons (Fsp3) is 0.444. The molecular formula is C9H9F3N4O3. The molecular weight excluding hydrogens is 269 g/mol. The number of fused-ring (bicyclic) bond motifs is 1. The summed E-state index contributed by atoms with van der Waals surface area (Å²) < 4.78 is 43.9. The number of aromatic nitrogens is 4. The number of halogens is 3. The van der Waals surface area contributed by atoms with Crippen molar-refractivity contribution in [1.29, 1.82) is 0 Å². The van der Waals surface area contributed by atoms with Gasteiger partial charge in [0.25, 0.3) is 5.56 Å². The van der Waals surface area contributed by atoms with E-state index in [1.54, 1.807) is 0 Å². The van der Waals surface area contributed by atoms with Crippen molar-refractivity contribution in [2.45, 2.75) is 12.7 Å². The maximum atomic E-state index is 12.8. The van der Waals surface area contributed by atoms with Gasteiger partial charge in [-0.25, -0.2) is 4.79 Å². The third-order valence-corrected chi connectivity index (χ3v) is 2.41. The monoisotopic (exact) mass is 278 g/mol. The number of ether oxygens (including phenoxy) is 1. The molecule has 2 heterocycles. The van der Waals surface area contributed by atoms with E-state index in [4.69, 9.17) is 4.74 Å². The van der Waals surface area contributed by atoms with Crippen molar-refractivity contribution in [3.63, 3.8) is 0 Å². The van der Waals surface area contributed by atoms with Crippen LogP contribution in [0.2, 0.25) is 0 Å². The number of nitrogens with zero attached hydrogens (tertiary/aromatic N) is 2. The summed E-state index contributed by atoms with van der Waals surface area (Å²) in [6.07, 6.45) is -4.77. The molecule has 0 spiro atoms. The average molecular weight is 278 g/mol. The minimum Gasteiger partial charge on any atom is -0.383 e. The van der Waals surface area contributed by atoms with E-state index in [1.165, 1.54) is 7.11 Å². The second kappa shape index (κ2) is 4.53. The molecule has 0 saturated heterocycles. The summed E-state index contributed by atoms with van der Waals surface area (Å²) in [4.78, 5) is 26.5. The summed E-state index contributed by atoms with van der Waals surface area (Å²) >= 11 is 0. The number of alkyl halides is 3. The minimum absolute atomic E-state index is 0.0434. The molecule has 0 radical (unpaired) electrons. The van der Waals surface area contributed by atoms with Gasteiger partial charge in [0.05, 0.1) is 13.2 Å². The number of hydrogen-bond acceptors (Lipinski definition) is 4. The van der Waals surface area contributed by atoms with Crippen LogP contribution >= 0.6 is 0 Å². The van der Waals surface area contributed by atoms with Gasteiger partial charge in [0.1, 0.15) is 5.52 Å². The Bertz CT molecular complexity index is 712. The van der Waals surface area contributed by atoms with E-state index in [1.807, 2.05) is 9.97 Å². The molecule has 0 fully saturated rings. The first-order valence-corrected chi connectivity index (χ1v) is 5.14. The second-order valence-electron chi connectivity index (χ2n) is 3.69. The van der Waals surface area contributed by atoms with Crippen molar-refractivity contribution in [2.75, 3.05) is 13.7 Å². The second-order valence-corrected chi connectivity index (χ2v) is 3.69. The van der Waals surface area contributed by atoms with Gasteiger partial charge in [-0.05, 0) is 0 Å². The Morgan fingerprint density at radius 1 is 1.32 bits per heavy atom. The zero-order valence-corrected chi connectivity index (χ0v) is 9.67.